The number of hydrogen-bond donors (Lipinski definition) is 4. The van der Waals surface area contributed by atoms with Gasteiger partial charge < -0.3 is 29.5 Å². The average molecular weight is 1100 g/mol. The van der Waals surface area contributed by atoms with E-state index in [1.807, 2.05) is 95.3 Å². The average Bonchev–Trinajstić information content (AvgIpc) is 3.18. The van der Waals surface area contributed by atoms with Gasteiger partial charge in [0.2, 0.25) is 0 Å². The molecule has 12 heteroatoms. The van der Waals surface area contributed by atoms with Crippen molar-refractivity contribution < 1.29 is 46.3 Å². The molecule has 4 aromatic carbocycles. The maximum absolute atomic E-state index is 13.1. The van der Waals surface area contributed by atoms with E-state index in [-0.39, 0.29) is 51.5 Å². The fourth-order valence-electron chi connectivity index (χ4n) is 2.76. The van der Waals surface area contributed by atoms with Gasteiger partial charge in [0.15, 0.2) is 6.29 Å². The minimum absolute atomic E-state index is 0. The van der Waals surface area contributed by atoms with Crippen molar-refractivity contribution in [1.82, 2.24) is 10.6 Å². The number of benzene rings is 4. The maximum atomic E-state index is 13.1. The number of rotatable bonds is 8. The molecule has 0 aromatic heterocycles. The summed E-state index contributed by atoms with van der Waals surface area (Å²) in [5.41, 5.74) is 10.7. The molecule has 0 aliphatic heterocycles. The summed E-state index contributed by atoms with van der Waals surface area (Å²) >= 11 is 13.0. The van der Waals surface area contributed by atoms with Crippen LogP contribution in [0.1, 0.15) is 91.1 Å². The van der Waals surface area contributed by atoms with Crippen LogP contribution in [0.5, 0.6) is 0 Å². The third-order valence-corrected chi connectivity index (χ3v) is 7.13. The molecule has 0 unspecified atom stereocenters. The first kappa shape index (κ1) is 68.9. The van der Waals surface area contributed by atoms with Crippen LogP contribution in [0.4, 0.5) is 8.78 Å². The topological polar surface area (TPSA) is 93.2 Å². The second-order valence-corrected chi connectivity index (χ2v) is 13.1. The van der Waals surface area contributed by atoms with Gasteiger partial charge in [0, 0.05) is 62.7 Å². The van der Waals surface area contributed by atoms with Gasteiger partial charge in [-0.05, 0) is 106 Å². The summed E-state index contributed by atoms with van der Waals surface area (Å²) in [7, 11) is 0. The van der Waals surface area contributed by atoms with Crippen LogP contribution in [-0.4, -0.2) is 39.0 Å². The monoisotopic (exact) mass is 1100 g/mol. The van der Waals surface area contributed by atoms with Gasteiger partial charge in [-0.3, -0.25) is 4.79 Å². The first-order valence-corrected chi connectivity index (χ1v) is 21.2. The Hall–Kier alpha value is -0.726. The Bertz CT molecular complexity index is 1260. The van der Waals surface area contributed by atoms with E-state index in [2.05, 4.69) is 102 Å². The summed E-state index contributed by atoms with van der Waals surface area (Å²) in [6.45, 7) is 23.5. The number of halogens is 6. The van der Waals surface area contributed by atoms with E-state index in [1.165, 1.54) is 18.2 Å². The Morgan fingerprint density at radius 1 is 0.600 bits per heavy atom. The van der Waals surface area contributed by atoms with E-state index in [0.29, 0.717) is 22.9 Å². The van der Waals surface area contributed by atoms with Crippen molar-refractivity contribution in [2.45, 2.75) is 81.7 Å². The standard InChI is InChI=1S/C10H13BrFN.C7H4BrFO.2C6H5Br.C4H11N.C3H9N.C2H7N.2C2H6.CH3.Y/c1-2-5-13-7-8-6-9(11)3-4-10(8)12;8-6-1-2-7(9)5(3-6)4-10;2*7-6-4-2-1-3-5-6;1-3-5-4-2;1-2-3-4;1-2-3;2*1-2;;/h3-4,6,13H,2,5,7H2,1H3;1-4H;2*1-5H;5H,3-4H2,1-2H3;2-4H2,1H3;2-3H2,1H3;2*1-2H3;1H3;/q;;;;;;;;;-1;. The maximum Gasteiger partial charge on any atom is 0.153 e. The van der Waals surface area contributed by atoms with Crippen LogP contribution in [0, 0.1) is 19.1 Å². The molecule has 1 radical (unpaired) electrons. The molecule has 55 heavy (non-hydrogen) atoms. The second-order valence-electron chi connectivity index (χ2n) is 9.44. The molecule has 0 amide bonds. The summed E-state index contributed by atoms with van der Waals surface area (Å²) in [5.74, 6) is -0.634. The Kier molecular flexibility index (Phi) is 72.2. The van der Waals surface area contributed by atoms with Gasteiger partial charge >= 0.3 is 0 Å². The zero-order valence-corrected chi connectivity index (χ0v) is 44.1. The largest absolute Gasteiger partial charge is 0.358 e. The summed E-state index contributed by atoms with van der Waals surface area (Å²) in [6.07, 6.45) is 2.65. The van der Waals surface area contributed by atoms with E-state index in [0.717, 1.165) is 59.0 Å². The van der Waals surface area contributed by atoms with Crippen LogP contribution in [-0.2, 0) is 39.3 Å². The van der Waals surface area contributed by atoms with E-state index in [9.17, 15) is 13.6 Å². The molecule has 0 saturated carbocycles. The molecule has 0 saturated heterocycles. The van der Waals surface area contributed by atoms with Crippen LogP contribution in [0.3, 0.4) is 0 Å². The predicted octanol–water partition coefficient (Wildman–Crippen LogP) is 13.8. The molecule has 0 aliphatic carbocycles. The van der Waals surface area contributed by atoms with Gasteiger partial charge in [0.25, 0.3) is 0 Å². The zero-order valence-electron chi connectivity index (χ0n) is 34.9. The summed E-state index contributed by atoms with van der Waals surface area (Å²) in [5, 5.41) is 6.27. The Labute approximate surface area is 394 Å². The molecule has 0 aliphatic rings. The zero-order chi connectivity index (χ0) is 41.7. The van der Waals surface area contributed by atoms with Crippen molar-refractivity contribution in [2.75, 3.05) is 32.7 Å². The minimum atomic E-state index is -0.488. The Balaban J connectivity index is -0.0000000997. The van der Waals surface area contributed by atoms with Crippen LogP contribution in [0.2, 0.25) is 0 Å². The molecule has 6 N–H and O–H groups in total. The van der Waals surface area contributed by atoms with Crippen LogP contribution >= 0.6 is 63.7 Å². The molecule has 0 atom stereocenters. The number of aldehydes is 1. The van der Waals surface area contributed by atoms with Crippen LogP contribution in [0.15, 0.2) is 115 Å². The molecular weight excluding hydrogens is 1040 g/mol. The molecule has 5 nitrogen and oxygen atoms in total. The van der Waals surface area contributed by atoms with Crippen molar-refractivity contribution in [3.05, 3.63) is 145 Å². The Morgan fingerprint density at radius 3 is 1.25 bits per heavy atom. The third-order valence-electron chi connectivity index (χ3n) is 5.09. The molecule has 313 valence electrons. The van der Waals surface area contributed by atoms with Crippen molar-refractivity contribution >= 4 is 70.0 Å². The summed E-state index contributed by atoms with van der Waals surface area (Å²) < 4.78 is 29.5. The van der Waals surface area contributed by atoms with E-state index in [1.54, 1.807) is 18.2 Å². The number of nitrogens with one attached hydrogen (secondary N) is 2. The fraction of sp³-hybridized carbons (Fsp3) is 0.395. The molecule has 0 heterocycles. The first-order valence-electron chi connectivity index (χ1n) is 18.1. The molecule has 0 fully saturated rings. The number of carbonyl (C=O) groups excluding carboxylic acids is 1. The smallest absolute Gasteiger partial charge is 0.153 e. The van der Waals surface area contributed by atoms with E-state index < -0.39 is 5.82 Å². The van der Waals surface area contributed by atoms with Gasteiger partial charge in [0.1, 0.15) is 11.6 Å². The van der Waals surface area contributed by atoms with Crippen molar-refractivity contribution in [3.63, 3.8) is 0 Å². The van der Waals surface area contributed by atoms with E-state index >= 15 is 0 Å². The van der Waals surface area contributed by atoms with Gasteiger partial charge in [0.05, 0.1) is 5.56 Å². The summed E-state index contributed by atoms with van der Waals surface area (Å²) in [4.78, 5) is 10.1. The van der Waals surface area contributed by atoms with Gasteiger partial charge in [-0.15, -0.1) is 0 Å². The molecule has 0 spiro atoms. The fourth-order valence-corrected chi connectivity index (χ4v) is 4.16. The first-order chi connectivity index (χ1) is 25.5. The number of nitrogens with two attached hydrogens (primary N) is 2. The third kappa shape index (κ3) is 53.3. The van der Waals surface area contributed by atoms with Gasteiger partial charge in [-0.25, -0.2) is 8.78 Å². The van der Waals surface area contributed by atoms with Crippen LogP contribution in [0.25, 0.3) is 0 Å². The van der Waals surface area contributed by atoms with E-state index in [4.69, 9.17) is 11.5 Å². The molecule has 4 aromatic rings. The second kappa shape index (κ2) is 57.6. The predicted molar refractivity (Wildman–Crippen MR) is 251 cm³/mol. The van der Waals surface area contributed by atoms with Crippen molar-refractivity contribution in [1.29, 1.82) is 0 Å². The minimum Gasteiger partial charge on any atom is -0.358 e. The molecule has 0 bridgehead atoms. The number of hydrogen-bond acceptors (Lipinski definition) is 5. The van der Waals surface area contributed by atoms with Gasteiger partial charge in [-0.2, -0.15) is 0 Å². The van der Waals surface area contributed by atoms with Crippen molar-refractivity contribution in [2.24, 2.45) is 11.5 Å². The quantitative estimate of drug-likeness (QED) is 0.0801. The molecule has 4 rings (SSSR count). The molecular formula is C43H69Br4F2N4OY-. The van der Waals surface area contributed by atoms with Gasteiger partial charge in [-0.1, -0.05) is 162 Å². The normalized spacial score (nSPS) is 8.24. The SMILES string of the molecule is Brc1ccccc1.Brc1ccccc1.CC.CC.CCCN.CCCNCc1cc(Br)ccc1F.CCN.CCNCC.O=Cc1cc(Br)ccc1F.[CH3-].[Y]. The van der Waals surface area contributed by atoms with Crippen LogP contribution < -0.4 is 22.1 Å². The van der Waals surface area contributed by atoms with Crippen molar-refractivity contribution in [3.8, 4) is 0 Å². The number of carbonyl (C=O) groups is 1. The Morgan fingerprint density at radius 2 is 0.982 bits per heavy atom. The summed E-state index contributed by atoms with van der Waals surface area (Å²) in [6, 6.07) is 29.2.